The second kappa shape index (κ2) is 8.90. The molecule has 1 unspecified atom stereocenters. The number of dihydropyridines is 1. The van der Waals surface area contributed by atoms with E-state index >= 15 is 0 Å². The summed E-state index contributed by atoms with van der Waals surface area (Å²) in [5.41, 5.74) is 2.01. The van der Waals surface area contributed by atoms with Gasteiger partial charge in [0, 0.05) is 11.4 Å². The second-order valence-corrected chi connectivity index (χ2v) is 6.99. The van der Waals surface area contributed by atoms with Crippen molar-refractivity contribution in [3.63, 3.8) is 0 Å². The highest BCUT2D eigenvalue weighted by Gasteiger charge is 2.37. The summed E-state index contributed by atoms with van der Waals surface area (Å²) in [5.74, 6) is -1.84. The van der Waals surface area contributed by atoms with Crippen molar-refractivity contribution in [2.75, 3.05) is 18.9 Å². The van der Waals surface area contributed by atoms with Crippen molar-refractivity contribution < 1.29 is 24.3 Å². The maximum Gasteiger partial charge on any atom is 0.336 e. The van der Waals surface area contributed by atoms with Gasteiger partial charge in [0.25, 0.3) is 0 Å². The molecule has 152 valence electrons. The molecular weight excluding hydrogens is 364 g/mol. The summed E-state index contributed by atoms with van der Waals surface area (Å²) in [6.45, 7) is 7.48. The Bertz CT molecular complexity index is 826. The van der Waals surface area contributed by atoms with Crippen LogP contribution in [-0.2, 0) is 19.1 Å². The molecule has 0 saturated carbocycles. The van der Waals surface area contributed by atoms with Gasteiger partial charge in [0.05, 0.1) is 36.5 Å². The lowest BCUT2D eigenvalue weighted by Crippen LogP contribution is -2.32. The Balaban J connectivity index is 2.61. The third kappa shape index (κ3) is 4.52. The zero-order valence-corrected chi connectivity index (χ0v) is 16.6. The van der Waals surface area contributed by atoms with Gasteiger partial charge in [-0.25, -0.2) is 9.59 Å². The van der Waals surface area contributed by atoms with E-state index in [-0.39, 0.29) is 34.6 Å². The molecule has 1 aliphatic heterocycles. The van der Waals surface area contributed by atoms with Crippen molar-refractivity contribution in [2.24, 2.45) is 5.92 Å². The van der Waals surface area contributed by atoms with Crippen LogP contribution in [0.1, 0.15) is 39.2 Å². The molecule has 0 bridgehead atoms. The Morgan fingerprint density at radius 1 is 1.21 bits per heavy atom. The van der Waals surface area contributed by atoms with E-state index in [1.807, 2.05) is 13.8 Å². The first-order chi connectivity index (χ1) is 13.2. The van der Waals surface area contributed by atoms with Crippen molar-refractivity contribution in [2.45, 2.75) is 33.6 Å². The van der Waals surface area contributed by atoms with Crippen molar-refractivity contribution in [1.29, 1.82) is 0 Å². The summed E-state index contributed by atoms with van der Waals surface area (Å²) < 4.78 is 10.3. The molecule has 0 aromatic heterocycles. The summed E-state index contributed by atoms with van der Waals surface area (Å²) in [4.78, 5) is 25.4. The minimum atomic E-state index is -0.812. The number of hydrogen-bond donors (Lipinski definition) is 2. The monoisotopic (exact) mass is 389 g/mol. The molecule has 0 radical (unpaired) electrons. The van der Waals surface area contributed by atoms with Crippen LogP contribution in [0.5, 0.6) is 0 Å². The fourth-order valence-corrected chi connectivity index (χ4v) is 3.12. The molecule has 0 aliphatic carbocycles. The molecule has 8 nitrogen and oxygen atoms in total. The normalized spacial score (nSPS) is 16.8. The van der Waals surface area contributed by atoms with Gasteiger partial charge in [-0.15, -0.1) is 0 Å². The van der Waals surface area contributed by atoms with Crippen LogP contribution in [0, 0.1) is 11.1 Å². The van der Waals surface area contributed by atoms with Gasteiger partial charge in [0.2, 0.25) is 0 Å². The molecule has 1 aromatic rings. The van der Waals surface area contributed by atoms with E-state index < -0.39 is 17.9 Å². The van der Waals surface area contributed by atoms with Crippen LogP contribution in [0.3, 0.4) is 0 Å². The van der Waals surface area contributed by atoms with Gasteiger partial charge in [0.1, 0.15) is 0 Å². The molecule has 1 aromatic carbocycles. The molecule has 0 spiro atoms. The first-order valence-electron chi connectivity index (χ1n) is 8.87. The lowest BCUT2D eigenvalue weighted by Gasteiger charge is -2.31. The van der Waals surface area contributed by atoms with E-state index in [9.17, 15) is 20.0 Å². The topological polar surface area (TPSA) is 111 Å². The quantitative estimate of drug-likeness (QED) is 0.564. The number of rotatable bonds is 6. The molecule has 2 N–H and O–H groups in total. The Morgan fingerprint density at radius 2 is 1.82 bits per heavy atom. The summed E-state index contributed by atoms with van der Waals surface area (Å²) in [7, 11) is 1.26. The maximum atomic E-state index is 12.9. The predicted molar refractivity (Wildman–Crippen MR) is 103 cm³/mol. The van der Waals surface area contributed by atoms with Crippen LogP contribution in [0.2, 0.25) is 0 Å². The van der Waals surface area contributed by atoms with Gasteiger partial charge in [-0.1, -0.05) is 26.0 Å². The molecule has 1 heterocycles. The highest BCUT2D eigenvalue weighted by molar-refractivity contribution is 5.99. The Labute approximate surface area is 164 Å². The third-order valence-corrected chi connectivity index (χ3v) is 4.36. The van der Waals surface area contributed by atoms with E-state index in [1.165, 1.54) is 19.2 Å². The van der Waals surface area contributed by atoms with E-state index in [1.54, 1.807) is 26.0 Å². The molecule has 0 fully saturated rings. The number of esters is 2. The van der Waals surface area contributed by atoms with Crippen LogP contribution in [0.25, 0.3) is 0 Å². The summed E-state index contributed by atoms with van der Waals surface area (Å²) >= 11 is 0. The van der Waals surface area contributed by atoms with Gasteiger partial charge >= 0.3 is 11.9 Å². The lowest BCUT2D eigenvalue weighted by atomic mass is 9.80. The van der Waals surface area contributed by atoms with Crippen LogP contribution in [-0.4, -0.2) is 30.9 Å². The lowest BCUT2D eigenvalue weighted by molar-refractivity contribution is -0.140. The first-order valence-corrected chi connectivity index (χ1v) is 8.87. The Morgan fingerprint density at radius 3 is 2.36 bits per heavy atom. The van der Waals surface area contributed by atoms with Crippen molar-refractivity contribution in [3.05, 3.63) is 57.6 Å². The molecule has 28 heavy (non-hydrogen) atoms. The van der Waals surface area contributed by atoms with Gasteiger partial charge < -0.3 is 25.2 Å². The zero-order valence-electron chi connectivity index (χ0n) is 16.6. The molecule has 0 saturated heterocycles. The number of carbonyl (C=O) groups excluding carboxylic acids is 2. The van der Waals surface area contributed by atoms with E-state index in [4.69, 9.17) is 9.47 Å². The molecule has 0 amide bonds. The molecule has 8 heteroatoms. The first kappa shape index (κ1) is 21.5. The largest absolute Gasteiger partial charge is 0.733 e. The standard InChI is InChI=1S/C20H25N2O6/c1-11(2)10-28-20(24)17-13(4)21-12(3)16(19(23)27-5)18(17)14-7-6-8-15(9-14)22(25)26/h6-9,11,18,21,25H,10H2,1-5H3/q-1. The number of ether oxygens (including phenoxy) is 2. The van der Waals surface area contributed by atoms with Crippen LogP contribution >= 0.6 is 0 Å². The fraction of sp³-hybridized carbons (Fsp3) is 0.400. The minimum Gasteiger partial charge on any atom is -0.733 e. The van der Waals surface area contributed by atoms with Crippen LogP contribution in [0.15, 0.2) is 46.8 Å². The smallest absolute Gasteiger partial charge is 0.336 e. The molecule has 1 aliphatic rings. The number of benzene rings is 1. The highest BCUT2D eigenvalue weighted by atomic mass is 16.8. The average molecular weight is 389 g/mol. The second-order valence-electron chi connectivity index (χ2n) is 6.99. The fourth-order valence-electron chi connectivity index (χ4n) is 3.12. The minimum absolute atomic E-state index is 0.0227. The predicted octanol–water partition coefficient (Wildman–Crippen LogP) is 2.99. The molecular formula is C20H25N2O6-. The van der Waals surface area contributed by atoms with Crippen molar-refractivity contribution in [3.8, 4) is 0 Å². The highest BCUT2D eigenvalue weighted by Crippen LogP contribution is 2.40. The van der Waals surface area contributed by atoms with Gasteiger partial charge in [-0.3, -0.25) is 5.21 Å². The van der Waals surface area contributed by atoms with Crippen LogP contribution < -0.4 is 10.5 Å². The number of hydrogen-bond acceptors (Lipinski definition) is 8. The van der Waals surface area contributed by atoms with Gasteiger partial charge in [-0.05, 0) is 37.5 Å². The van der Waals surface area contributed by atoms with Crippen LogP contribution in [0.4, 0.5) is 5.69 Å². The van der Waals surface area contributed by atoms with Crippen molar-refractivity contribution >= 4 is 17.6 Å². The van der Waals surface area contributed by atoms with E-state index in [0.29, 0.717) is 17.0 Å². The van der Waals surface area contributed by atoms with Gasteiger partial charge in [0.15, 0.2) is 0 Å². The number of nitrogens with zero attached hydrogens (tertiary/aromatic N) is 1. The third-order valence-electron chi connectivity index (χ3n) is 4.36. The summed E-state index contributed by atoms with van der Waals surface area (Å²) in [6.07, 6.45) is 0. The zero-order chi connectivity index (χ0) is 21.0. The number of anilines is 1. The Kier molecular flexibility index (Phi) is 6.82. The number of nitrogens with one attached hydrogen (secondary N) is 1. The number of carbonyl (C=O) groups is 2. The average Bonchev–Trinajstić information content (AvgIpc) is 2.65. The number of allylic oxidation sites excluding steroid dienone is 2. The Hall–Kier alpha value is -2.84. The van der Waals surface area contributed by atoms with E-state index in [2.05, 4.69) is 5.32 Å². The number of methoxy groups -OCH3 is 1. The SMILES string of the molecule is COC(=O)C1=C(C)NC(C)=C(C(=O)OCC(C)C)C1c1cccc(N([O-])O)c1. The van der Waals surface area contributed by atoms with E-state index in [0.717, 1.165) is 0 Å². The van der Waals surface area contributed by atoms with Crippen molar-refractivity contribution in [1.82, 2.24) is 5.32 Å². The summed E-state index contributed by atoms with van der Waals surface area (Å²) in [6, 6.07) is 6.06. The maximum absolute atomic E-state index is 12.9. The van der Waals surface area contributed by atoms with Gasteiger partial charge in [-0.2, -0.15) is 0 Å². The summed E-state index contributed by atoms with van der Waals surface area (Å²) in [5, 5.41) is 23.3. The molecule has 1 atom stereocenters. The molecule has 2 rings (SSSR count).